The molecule has 2 rings (SSSR count). The van der Waals surface area contributed by atoms with Gasteiger partial charge in [-0.3, -0.25) is 5.32 Å². The van der Waals surface area contributed by atoms with Gasteiger partial charge >= 0.3 is 12.1 Å². The van der Waals surface area contributed by atoms with Crippen molar-refractivity contribution in [3.05, 3.63) is 70.2 Å². The zero-order valence-electron chi connectivity index (χ0n) is 14.8. The van der Waals surface area contributed by atoms with Gasteiger partial charge in [0.2, 0.25) is 0 Å². The van der Waals surface area contributed by atoms with Crippen molar-refractivity contribution < 1.29 is 24.5 Å². The molecule has 27 heavy (non-hydrogen) atoms. The van der Waals surface area contributed by atoms with Crippen molar-refractivity contribution in [1.82, 2.24) is 0 Å². The first-order valence-corrected chi connectivity index (χ1v) is 8.99. The molecule has 0 bridgehead atoms. The molecule has 0 radical (unpaired) electrons. The van der Waals surface area contributed by atoms with Crippen molar-refractivity contribution in [2.75, 3.05) is 5.32 Å². The number of carboxylic acid groups (broad SMARTS) is 1. The molecule has 3 N–H and O–H groups in total. The van der Waals surface area contributed by atoms with E-state index in [0.29, 0.717) is 15.7 Å². The van der Waals surface area contributed by atoms with E-state index >= 15 is 0 Å². The molecule has 6 nitrogen and oxygen atoms in total. The maximum atomic E-state index is 12.4. The van der Waals surface area contributed by atoms with Crippen molar-refractivity contribution in [3.63, 3.8) is 0 Å². The molecular formula is C20H20BrNO5. The fourth-order valence-electron chi connectivity index (χ4n) is 2.44. The number of carboxylic acids is 1. The summed E-state index contributed by atoms with van der Waals surface area (Å²) in [5.41, 5.74) is 1.99. The van der Waals surface area contributed by atoms with E-state index in [1.165, 1.54) is 12.1 Å². The molecule has 0 heterocycles. The summed E-state index contributed by atoms with van der Waals surface area (Å²) in [7, 11) is 0. The van der Waals surface area contributed by atoms with Crippen LogP contribution in [-0.2, 0) is 9.53 Å². The van der Waals surface area contributed by atoms with Crippen molar-refractivity contribution >= 4 is 33.7 Å². The number of phenols is 1. The van der Waals surface area contributed by atoms with Crippen LogP contribution in [-0.4, -0.2) is 22.3 Å². The smallest absolute Gasteiger partial charge is 0.412 e. The summed E-state index contributed by atoms with van der Waals surface area (Å²) in [6.07, 6.45) is 0.794. The molecule has 0 saturated heterocycles. The number of nitrogens with one attached hydrogen (secondary N) is 1. The summed E-state index contributed by atoms with van der Waals surface area (Å²) in [5, 5.41) is 21.7. The highest BCUT2D eigenvalue weighted by molar-refractivity contribution is 9.10. The molecular weight excluding hydrogens is 414 g/mol. The predicted octanol–water partition coefficient (Wildman–Crippen LogP) is 5.03. The van der Waals surface area contributed by atoms with Crippen LogP contribution in [0.15, 0.2) is 59.1 Å². The molecule has 1 amide bonds. The second kappa shape index (κ2) is 9.23. The first kappa shape index (κ1) is 20.5. The first-order chi connectivity index (χ1) is 12.8. The maximum Gasteiger partial charge on any atom is 0.412 e. The standard InChI is InChI=1S/C20H20BrNO5/c1-12-3-7-15(8-4-12)22-20(26)27-19(13(2)5-10-18(24)25)16-11-14(21)6-9-17(16)23/h3-11,13,19,23H,1-2H3,(H,22,26)(H,24,25)/b10-5+/t13-,19-/m1/s1. The van der Waals surface area contributed by atoms with Gasteiger partial charge in [0.25, 0.3) is 0 Å². The number of halogens is 1. The summed E-state index contributed by atoms with van der Waals surface area (Å²) in [6, 6.07) is 12.0. The minimum Gasteiger partial charge on any atom is -0.508 e. The Hall–Kier alpha value is -2.80. The molecule has 0 aromatic heterocycles. The number of aryl methyl sites for hydroxylation is 1. The van der Waals surface area contributed by atoms with Crippen LogP contribution in [0.1, 0.15) is 24.2 Å². The normalized spacial score (nSPS) is 13.1. The zero-order valence-corrected chi connectivity index (χ0v) is 16.4. The summed E-state index contributed by atoms with van der Waals surface area (Å²) in [5.74, 6) is -1.66. The van der Waals surface area contributed by atoms with E-state index in [2.05, 4.69) is 21.2 Å². The van der Waals surface area contributed by atoms with E-state index in [1.807, 2.05) is 19.1 Å². The Kier molecular flexibility index (Phi) is 7.01. The number of carbonyl (C=O) groups excluding carboxylic acids is 1. The average Bonchev–Trinajstić information content (AvgIpc) is 2.62. The number of aromatic hydroxyl groups is 1. The third kappa shape index (κ3) is 6.14. The van der Waals surface area contributed by atoms with Gasteiger partial charge in [-0.15, -0.1) is 0 Å². The molecule has 7 heteroatoms. The van der Waals surface area contributed by atoms with E-state index in [0.717, 1.165) is 11.6 Å². The van der Waals surface area contributed by atoms with Gasteiger partial charge in [0, 0.05) is 27.7 Å². The number of anilines is 1. The Morgan fingerprint density at radius 3 is 2.48 bits per heavy atom. The summed E-state index contributed by atoms with van der Waals surface area (Å²) in [6.45, 7) is 3.63. The Morgan fingerprint density at radius 1 is 1.19 bits per heavy atom. The number of hydrogen-bond donors (Lipinski definition) is 3. The molecule has 2 aromatic rings. The van der Waals surface area contributed by atoms with Gasteiger partial charge in [-0.05, 0) is 37.3 Å². The van der Waals surface area contributed by atoms with Crippen LogP contribution in [0.3, 0.4) is 0 Å². The summed E-state index contributed by atoms with van der Waals surface area (Å²) < 4.78 is 6.22. The Morgan fingerprint density at radius 2 is 1.85 bits per heavy atom. The van der Waals surface area contributed by atoms with Gasteiger partial charge in [-0.25, -0.2) is 9.59 Å². The van der Waals surface area contributed by atoms with Gasteiger partial charge in [-0.2, -0.15) is 0 Å². The topological polar surface area (TPSA) is 95.9 Å². The molecule has 0 aliphatic heterocycles. The highest BCUT2D eigenvalue weighted by Gasteiger charge is 2.25. The number of amides is 1. The SMILES string of the molecule is Cc1ccc(NC(=O)O[C@@H](c2cc(Br)ccc2O)[C@H](C)/C=C/C(=O)O)cc1. The lowest BCUT2D eigenvalue weighted by Gasteiger charge is -2.23. The van der Waals surface area contributed by atoms with Crippen LogP contribution in [0.25, 0.3) is 0 Å². The number of hydrogen-bond acceptors (Lipinski definition) is 4. The molecule has 0 aliphatic carbocycles. The van der Waals surface area contributed by atoms with Gasteiger partial charge < -0.3 is 14.9 Å². The maximum absolute atomic E-state index is 12.4. The van der Waals surface area contributed by atoms with Crippen LogP contribution in [0, 0.1) is 12.8 Å². The number of benzene rings is 2. The summed E-state index contributed by atoms with van der Waals surface area (Å²) >= 11 is 3.32. The molecule has 2 atom stereocenters. The number of aliphatic carboxylic acids is 1. The second-order valence-electron chi connectivity index (χ2n) is 6.08. The number of rotatable bonds is 6. The molecule has 0 spiro atoms. The minimum atomic E-state index is -1.11. The second-order valence-corrected chi connectivity index (χ2v) is 6.99. The van der Waals surface area contributed by atoms with Gasteiger partial charge in [0.15, 0.2) is 0 Å². The van der Waals surface area contributed by atoms with E-state index in [1.54, 1.807) is 31.2 Å². The highest BCUT2D eigenvalue weighted by atomic mass is 79.9. The largest absolute Gasteiger partial charge is 0.508 e. The lowest BCUT2D eigenvalue weighted by molar-refractivity contribution is -0.131. The molecule has 2 aromatic carbocycles. The molecule has 0 fully saturated rings. The molecule has 0 saturated carbocycles. The lowest BCUT2D eigenvalue weighted by atomic mass is 9.96. The molecule has 0 unspecified atom stereocenters. The lowest BCUT2D eigenvalue weighted by Crippen LogP contribution is -2.21. The first-order valence-electron chi connectivity index (χ1n) is 8.20. The van der Waals surface area contributed by atoms with Crippen molar-refractivity contribution in [1.29, 1.82) is 0 Å². The predicted molar refractivity (Wildman–Crippen MR) is 106 cm³/mol. The van der Waals surface area contributed by atoms with Crippen LogP contribution in [0.5, 0.6) is 5.75 Å². The third-order valence-corrected chi connectivity index (χ3v) is 4.34. The van der Waals surface area contributed by atoms with Crippen molar-refractivity contribution in [3.8, 4) is 5.75 Å². The quantitative estimate of drug-likeness (QED) is 0.555. The van der Waals surface area contributed by atoms with Gasteiger partial charge in [0.1, 0.15) is 11.9 Å². The van der Waals surface area contributed by atoms with E-state index < -0.39 is 24.1 Å². The Balaban J connectivity index is 2.25. The molecule has 142 valence electrons. The Bertz CT molecular complexity index is 848. The van der Waals surface area contributed by atoms with Crippen molar-refractivity contribution in [2.24, 2.45) is 5.92 Å². The van der Waals surface area contributed by atoms with Crippen molar-refractivity contribution in [2.45, 2.75) is 20.0 Å². The number of phenolic OH excluding ortho intramolecular Hbond substituents is 1. The molecule has 0 aliphatic rings. The fourth-order valence-corrected chi connectivity index (χ4v) is 2.82. The fraction of sp³-hybridized carbons (Fsp3) is 0.200. The average molecular weight is 434 g/mol. The van der Waals surface area contributed by atoms with Crippen LogP contribution in [0.2, 0.25) is 0 Å². The zero-order chi connectivity index (χ0) is 20.0. The van der Waals surface area contributed by atoms with Gasteiger partial charge in [0.05, 0.1) is 0 Å². The highest BCUT2D eigenvalue weighted by Crippen LogP contribution is 2.35. The van der Waals surface area contributed by atoms with E-state index in [9.17, 15) is 14.7 Å². The van der Waals surface area contributed by atoms with Crippen LogP contribution in [0.4, 0.5) is 10.5 Å². The monoisotopic (exact) mass is 433 g/mol. The van der Waals surface area contributed by atoms with E-state index in [-0.39, 0.29) is 5.75 Å². The third-order valence-electron chi connectivity index (χ3n) is 3.85. The van der Waals surface area contributed by atoms with Crippen LogP contribution < -0.4 is 5.32 Å². The van der Waals surface area contributed by atoms with Crippen LogP contribution >= 0.6 is 15.9 Å². The minimum absolute atomic E-state index is 0.0538. The van der Waals surface area contributed by atoms with E-state index in [4.69, 9.17) is 9.84 Å². The Labute approximate surface area is 165 Å². The number of carbonyl (C=O) groups is 2. The summed E-state index contributed by atoms with van der Waals surface area (Å²) in [4.78, 5) is 23.2. The number of ether oxygens (including phenoxy) is 1. The van der Waals surface area contributed by atoms with Gasteiger partial charge in [-0.1, -0.05) is 46.6 Å².